The molecule has 0 radical (unpaired) electrons. The van der Waals surface area contributed by atoms with E-state index < -0.39 is 11.4 Å². The van der Waals surface area contributed by atoms with Crippen LogP contribution in [0.2, 0.25) is 0 Å². The Morgan fingerprint density at radius 2 is 2.06 bits per heavy atom. The van der Waals surface area contributed by atoms with Crippen molar-refractivity contribution in [1.29, 1.82) is 0 Å². The Hall–Kier alpha value is -3.60. The molecule has 0 saturated carbocycles. The predicted molar refractivity (Wildman–Crippen MR) is 123 cm³/mol. The highest BCUT2D eigenvalue weighted by atomic mass is 16.5. The molecule has 32 heavy (non-hydrogen) atoms. The number of methoxy groups -OCH3 is 1. The normalized spacial score (nSPS) is 22.9. The molecule has 0 aromatic heterocycles. The number of rotatable bonds is 3. The molecule has 0 spiro atoms. The number of aliphatic carboxylic acids is 1. The lowest BCUT2D eigenvalue weighted by molar-refractivity contribution is -0.444. The van der Waals surface area contributed by atoms with Crippen LogP contribution in [0, 0.1) is 0 Å². The van der Waals surface area contributed by atoms with Crippen LogP contribution in [0.5, 0.6) is 11.5 Å². The Morgan fingerprint density at radius 3 is 2.88 bits per heavy atom. The molecular weight excluding hydrogens is 402 g/mol. The van der Waals surface area contributed by atoms with Gasteiger partial charge in [0.05, 0.1) is 24.5 Å². The van der Waals surface area contributed by atoms with Gasteiger partial charge >= 0.3 is 5.97 Å². The summed E-state index contributed by atoms with van der Waals surface area (Å²) in [6, 6.07) is 18.4. The van der Waals surface area contributed by atoms with E-state index in [1.807, 2.05) is 30.3 Å². The zero-order valence-electron chi connectivity index (χ0n) is 18.1. The summed E-state index contributed by atoms with van der Waals surface area (Å²) in [5, 5.41) is 12.2. The van der Waals surface area contributed by atoms with Crippen LogP contribution in [0.1, 0.15) is 30.9 Å². The zero-order valence-corrected chi connectivity index (χ0v) is 18.1. The number of carboxylic acids is 1. The first-order valence-electron chi connectivity index (χ1n) is 11.0. The summed E-state index contributed by atoms with van der Waals surface area (Å²) >= 11 is 0. The highest BCUT2D eigenvalue weighted by Crippen LogP contribution is 2.51. The van der Waals surface area contributed by atoms with Crippen LogP contribution in [0.4, 0.5) is 5.69 Å². The third kappa shape index (κ3) is 2.57. The number of carboxylic acid groups (broad SMARTS) is 1. The van der Waals surface area contributed by atoms with Gasteiger partial charge in [0, 0.05) is 29.7 Å². The van der Waals surface area contributed by atoms with Crippen LogP contribution < -0.4 is 9.47 Å². The van der Waals surface area contributed by atoms with Gasteiger partial charge in [-0.25, -0.2) is 0 Å². The molecule has 3 aromatic carbocycles. The molecule has 5 heteroatoms. The average molecular weight is 426 g/mol. The number of hydrogen-bond acceptors (Lipinski definition) is 3. The molecular formula is C27H24NO4+. The zero-order chi connectivity index (χ0) is 22.0. The molecule has 2 atom stereocenters. The number of fused-ring (bicyclic) bond motifs is 7. The Morgan fingerprint density at radius 1 is 1.22 bits per heavy atom. The standard InChI is InChI=1S/C27H23NO4/c1-27(15-24(29)30)25-19-6-4-3-5-16(19)8-10-21(25)28-12-11-22-20(26(27)28)13-17-7-9-18(31-2)14-23(17)32-22/h3-10,13-14,22H,11-12,15H2,1-2H3/p+1. The van der Waals surface area contributed by atoms with Crippen LogP contribution in [0.15, 0.2) is 60.2 Å². The first-order chi connectivity index (χ1) is 15.5. The van der Waals surface area contributed by atoms with E-state index in [9.17, 15) is 9.90 Å². The SMILES string of the molecule is COc1ccc2c(c1)OC1CC[N+]3=C(C1=C2)C(C)(CC(=O)O)c1c3ccc2ccccc12. The van der Waals surface area contributed by atoms with Crippen LogP contribution in [-0.2, 0) is 10.2 Å². The largest absolute Gasteiger partial charge is 0.497 e. The lowest BCUT2D eigenvalue weighted by Crippen LogP contribution is -2.45. The van der Waals surface area contributed by atoms with Crippen molar-refractivity contribution in [2.45, 2.75) is 31.3 Å². The molecule has 3 aromatic rings. The van der Waals surface area contributed by atoms with Crippen LogP contribution >= 0.6 is 0 Å². The maximum absolute atomic E-state index is 12.1. The van der Waals surface area contributed by atoms with Crippen molar-refractivity contribution >= 4 is 34.2 Å². The molecule has 0 aliphatic carbocycles. The van der Waals surface area contributed by atoms with Crippen molar-refractivity contribution < 1.29 is 24.0 Å². The van der Waals surface area contributed by atoms with Crippen molar-refractivity contribution in [1.82, 2.24) is 0 Å². The molecule has 3 aliphatic rings. The van der Waals surface area contributed by atoms with E-state index in [0.717, 1.165) is 63.3 Å². The molecule has 0 bridgehead atoms. The minimum Gasteiger partial charge on any atom is -0.497 e. The first kappa shape index (κ1) is 19.1. The monoisotopic (exact) mass is 426 g/mol. The number of ether oxygens (including phenoxy) is 2. The number of carbonyl (C=O) groups is 1. The molecule has 160 valence electrons. The van der Waals surface area contributed by atoms with Crippen molar-refractivity contribution in [3.05, 3.63) is 71.3 Å². The highest BCUT2D eigenvalue weighted by Gasteiger charge is 2.56. The van der Waals surface area contributed by atoms with Crippen LogP contribution in [0.25, 0.3) is 16.8 Å². The van der Waals surface area contributed by atoms with Crippen molar-refractivity contribution in [2.75, 3.05) is 13.7 Å². The maximum atomic E-state index is 12.1. The molecule has 5 nitrogen and oxygen atoms in total. The van der Waals surface area contributed by atoms with Gasteiger partial charge in [0.15, 0.2) is 12.3 Å². The molecule has 2 unspecified atom stereocenters. The topological polar surface area (TPSA) is 58.8 Å². The smallest absolute Gasteiger partial charge is 0.304 e. The molecule has 0 fully saturated rings. The van der Waals surface area contributed by atoms with Crippen molar-refractivity contribution in [3.63, 3.8) is 0 Å². The maximum Gasteiger partial charge on any atom is 0.304 e. The first-order valence-corrected chi connectivity index (χ1v) is 11.0. The minimum atomic E-state index is -0.801. The van der Waals surface area contributed by atoms with Gasteiger partial charge in [-0.3, -0.25) is 4.79 Å². The second-order valence-corrected chi connectivity index (χ2v) is 8.98. The summed E-state index contributed by atoms with van der Waals surface area (Å²) in [5.74, 6) is 0.777. The summed E-state index contributed by atoms with van der Waals surface area (Å²) in [6.07, 6.45) is 2.94. The molecule has 3 heterocycles. The van der Waals surface area contributed by atoms with E-state index in [1.165, 1.54) is 0 Å². The summed E-state index contributed by atoms with van der Waals surface area (Å²) in [4.78, 5) is 12.1. The van der Waals surface area contributed by atoms with Gasteiger partial charge < -0.3 is 14.6 Å². The van der Waals surface area contributed by atoms with Crippen LogP contribution in [-0.4, -0.2) is 41.1 Å². The Bertz CT molecular complexity index is 1370. The van der Waals surface area contributed by atoms with Gasteiger partial charge in [-0.15, -0.1) is 0 Å². The number of nitrogens with zero attached hydrogens (tertiary/aromatic N) is 1. The lowest BCUT2D eigenvalue weighted by atomic mass is 9.71. The van der Waals surface area contributed by atoms with E-state index in [0.29, 0.717) is 0 Å². The fourth-order valence-electron chi connectivity index (χ4n) is 5.80. The van der Waals surface area contributed by atoms with E-state index in [-0.39, 0.29) is 12.5 Å². The fraction of sp³-hybridized carbons (Fsp3) is 0.259. The summed E-state index contributed by atoms with van der Waals surface area (Å²) < 4.78 is 14.1. The van der Waals surface area contributed by atoms with Crippen molar-refractivity contribution in [3.8, 4) is 11.5 Å². The predicted octanol–water partition coefficient (Wildman–Crippen LogP) is 4.93. The highest BCUT2D eigenvalue weighted by molar-refractivity contribution is 6.15. The van der Waals surface area contributed by atoms with E-state index >= 15 is 0 Å². The van der Waals surface area contributed by atoms with Crippen molar-refractivity contribution in [2.24, 2.45) is 0 Å². The van der Waals surface area contributed by atoms with Gasteiger partial charge in [0.25, 0.3) is 0 Å². The quantitative estimate of drug-likeness (QED) is 0.604. The second-order valence-electron chi connectivity index (χ2n) is 8.98. The van der Waals surface area contributed by atoms with E-state index in [4.69, 9.17) is 9.47 Å². The molecule has 1 N–H and O–H groups in total. The Kier molecular flexibility index (Phi) is 4.00. The summed E-state index contributed by atoms with van der Waals surface area (Å²) in [6.45, 7) is 2.87. The van der Waals surface area contributed by atoms with Gasteiger partial charge in [0.2, 0.25) is 5.69 Å². The van der Waals surface area contributed by atoms with E-state index in [2.05, 4.69) is 41.8 Å². The summed E-state index contributed by atoms with van der Waals surface area (Å²) in [7, 11) is 1.65. The minimum absolute atomic E-state index is 0.0272. The Balaban J connectivity index is 1.60. The number of benzene rings is 3. The molecule has 6 rings (SSSR count). The van der Waals surface area contributed by atoms with E-state index in [1.54, 1.807) is 7.11 Å². The molecule has 0 amide bonds. The molecule has 3 aliphatic heterocycles. The third-order valence-electron chi connectivity index (χ3n) is 7.08. The number of hydrogen-bond donors (Lipinski definition) is 1. The molecule has 0 saturated heterocycles. The fourth-order valence-corrected chi connectivity index (χ4v) is 5.80. The van der Waals surface area contributed by atoms with Crippen LogP contribution in [0.3, 0.4) is 0 Å². The Labute approximate surface area is 186 Å². The second kappa shape index (κ2) is 6.70. The van der Waals surface area contributed by atoms with Gasteiger partial charge in [-0.1, -0.05) is 24.3 Å². The lowest BCUT2D eigenvalue weighted by Gasteiger charge is -2.33. The third-order valence-corrected chi connectivity index (χ3v) is 7.08. The van der Waals surface area contributed by atoms with Gasteiger partial charge in [-0.05, 0) is 42.0 Å². The van der Waals surface area contributed by atoms with Gasteiger partial charge in [-0.2, -0.15) is 4.58 Å². The summed E-state index contributed by atoms with van der Waals surface area (Å²) in [5.41, 5.74) is 4.70. The average Bonchev–Trinajstić information content (AvgIpc) is 3.05. The van der Waals surface area contributed by atoms with Gasteiger partial charge in [0.1, 0.15) is 17.6 Å².